The molecule has 1 aliphatic rings. The zero-order valence-corrected chi connectivity index (χ0v) is 12.6. The molecule has 0 unspecified atom stereocenters. The summed E-state index contributed by atoms with van der Waals surface area (Å²) >= 11 is 0. The molecular formula is C18H15NO4. The number of hydrogen-bond acceptors (Lipinski definition) is 4. The summed E-state index contributed by atoms with van der Waals surface area (Å²) < 4.78 is 16.3. The number of carbonyl (C=O) groups is 1. The van der Waals surface area contributed by atoms with Crippen molar-refractivity contribution in [3.8, 4) is 11.5 Å². The number of fused-ring (bicyclic) bond motifs is 2. The molecule has 0 saturated heterocycles. The fraction of sp³-hybridized carbons (Fsp3) is 0.167. The highest BCUT2D eigenvalue weighted by molar-refractivity contribution is 5.94. The Morgan fingerprint density at radius 1 is 1.09 bits per heavy atom. The van der Waals surface area contributed by atoms with E-state index in [-0.39, 0.29) is 12.7 Å². The molecule has 0 radical (unpaired) electrons. The SMILES string of the molecule is CN(Cc1cc2ccccc2o1)C(=O)c1ccc2c(c1)OCO2. The normalized spacial score (nSPS) is 12.6. The summed E-state index contributed by atoms with van der Waals surface area (Å²) in [6, 6.07) is 15.0. The van der Waals surface area contributed by atoms with E-state index in [1.165, 1.54) is 0 Å². The lowest BCUT2D eigenvalue weighted by Gasteiger charge is -2.15. The number of furan rings is 1. The van der Waals surface area contributed by atoms with E-state index >= 15 is 0 Å². The van der Waals surface area contributed by atoms with Crippen LogP contribution in [0.2, 0.25) is 0 Å². The Hall–Kier alpha value is -2.95. The summed E-state index contributed by atoms with van der Waals surface area (Å²) in [5.41, 5.74) is 1.39. The predicted octanol–water partition coefficient (Wildman–Crippen LogP) is 3.43. The van der Waals surface area contributed by atoms with Crippen molar-refractivity contribution in [2.45, 2.75) is 6.54 Å². The molecule has 0 saturated carbocycles. The lowest BCUT2D eigenvalue weighted by atomic mass is 10.1. The molecule has 0 fully saturated rings. The van der Waals surface area contributed by atoms with Crippen molar-refractivity contribution in [2.24, 2.45) is 0 Å². The highest BCUT2D eigenvalue weighted by Gasteiger charge is 2.19. The molecule has 5 heteroatoms. The van der Waals surface area contributed by atoms with Gasteiger partial charge in [0.15, 0.2) is 11.5 Å². The lowest BCUT2D eigenvalue weighted by molar-refractivity contribution is 0.0776. The summed E-state index contributed by atoms with van der Waals surface area (Å²) in [7, 11) is 1.75. The molecule has 3 aromatic rings. The minimum atomic E-state index is -0.0937. The van der Waals surface area contributed by atoms with Crippen LogP contribution in [0.5, 0.6) is 11.5 Å². The number of hydrogen-bond donors (Lipinski definition) is 0. The zero-order chi connectivity index (χ0) is 15.8. The maximum absolute atomic E-state index is 12.6. The summed E-state index contributed by atoms with van der Waals surface area (Å²) in [5, 5.41) is 1.03. The second-order valence-corrected chi connectivity index (χ2v) is 5.48. The van der Waals surface area contributed by atoms with E-state index in [4.69, 9.17) is 13.9 Å². The average molecular weight is 309 g/mol. The third-order valence-corrected chi connectivity index (χ3v) is 3.84. The molecule has 0 N–H and O–H groups in total. The van der Waals surface area contributed by atoms with Crippen LogP contribution < -0.4 is 9.47 Å². The van der Waals surface area contributed by atoms with Crippen LogP contribution in [0.25, 0.3) is 11.0 Å². The van der Waals surface area contributed by atoms with Crippen LogP contribution >= 0.6 is 0 Å². The molecule has 5 nitrogen and oxygen atoms in total. The van der Waals surface area contributed by atoms with Crippen LogP contribution in [0.3, 0.4) is 0 Å². The molecule has 1 aromatic heterocycles. The quantitative estimate of drug-likeness (QED) is 0.744. The molecular weight excluding hydrogens is 294 g/mol. The fourth-order valence-corrected chi connectivity index (χ4v) is 2.67. The number of nitrogens with zero attached hydrogens (tertiary/aromatic N) is 1. The summed E-state index contributed by atoms with van der Waals surface area (Å²) in [6.45, 7) is 0.601. The van der Waals surface area contributed by atoms with Gasteiger partial charge >= 0.3 is 0 Å². The van der Waals surface area contributed by atoms with Crippen molar-refractivity contribution in [2.75, 3.05) is 13.8 Å². The van der Waals surface area contributed by atoms with Crippen LogP contribution in [0, 0.1) is 0 Å². The van der Waals surface area contributed by atoms with Gasteiger partial charge in [-0.05, 0) is 30.3 Å². The van der Waals surface area contributed by atoms with E-state index in [2.05, 4.69) is 0 Å². The van der Waals surface area contributed by atoms with Crippen LogP contribution in [0.1, 0.15) is 16.1 Å². The minimum absolute atomic E-state index is 0.0937. The Morgan fingerprint density at radius 2 is 1.91 bits per heavy atom. The largest absolute Gasteiger partial charge is 0.459 e. The topological polar surface area (TPSA) is 51.9 Å². The second kappa shape index (κ2) is 5.35. The molecule has 0 atom stereocenters. The maximum atomic E-state index is 12.6. The first-order chi connectivity index (χ1) is 11.2. The maximum Gasteiger partial charge on any atom is 0.254 e. The van der Waals surface area contributed by atoms with E-state index in [1.54, 1.807) is 30.1 Å². The van der Waals surface area contributed by atoms with E-state index in [9.17, 15) is 4.79 Å². The first-order valence-corrected chi connectivity index (χ1v) is 7.33. The van der Waals surface area contributed by atoms with Gasteiger partial charge in [0.2, 0.25) is 6.79 Å². The number of amides is 1. The Balaban J connectivity index is 1.54. The smallest absolute Gasteiger partial charge is 0.254 e. The van der Waals surface area contributed by atoms with Crippen molar-refractivity contribution in [1.29, 1.82) is 0 Å². The Kier molecular flexibility index (Phi) is 3.19. The highest BCUT2D eigenvalue weighted by Crippen LogP contribution is 2.32. The van der Waals surface area contributed by atoms with E-state index < -0.39 is 0 Å². The zero-order valence-electron chi connectivity index (χ0n) is 12.6. The molecule has 23 heavy (non-hydrogen) atoms. The summed E-state index contributed by atoms with van der Waals surface area (Å²) in [5.74, 6) is 1.93. The lowest BCUT2D eigenvalue weighted by Crippen LogP contribution is -2.25. The second-order valence-electron chi connectivity index (χ2n) is 5.48. The molecule has 1 aliphatic heterocycles. The molecule has 0 bridgehead atoms. The third kappa shape index (κ3) is 2.50. The van der Waals surface area contributed by atoms with Gasteiger partial charge in [-0.3, -0.25) is 4.79 Å². The van der Waals surface area contributed by atoms with Gasteiger partial charge in [-0.1, -0.05) is 18.2 Å². The van der Waals surface area contributed by atoms with Gasteiger partial charge in [-0.15, -0.1) is 0 Å². The summed E-state index contributed by atoms with van der Waals surface area (Å²) in [6.07, 6.45) is 0. The van der Waals surface area contributed by atoms with Crippen LogP contribution in [-0.4, -0.2) is 24.6 Å². The van der Waals surface area contributed by atoms with E-state index in [1.807, 2.05) is 30.3 Å². The van der Waals surface area contributed by atoms with Gasteiger partial charge in [0.25, 0.3) is 5.91 Å². The van der Waals surface area contributed by atoms with Gasteiger partial charge in [-0.2, -0.15) is 0 Å². The van der Waals surface area contributed by atoms with Crippen molar-refractivity contribution in [1.82, 2.24) is 4.90 Å². The van der Waals surface area contributed by atoms with Gasteiger partial charge < -0.3 is 18.8 Å². The number of benzene rings is 2. The first kappa shape index (κ1) is 13.7. The number of rotatable bonds is 3. The fourth-order valence-electron chi connectivity index (χ4n) is 2.67. The van der Waals surface area contributed by atoms with Crippen molar-refractivity contribution >= 4 is 16.9 Å². The monoisotopic (exact) mass is 309 g/mol. The van der Waals surface area contributed by atoms with Gasteiger partial charge in [0.1, 0.15) is 11.3 Å². The van der Waals surface area contributed by atoms with Crippen LogP contribution in [-0.2, 0) is 6.54 Å². The van der Waals surface area contributed by atoms with Gasteiger partial charge in [0.05, 0.1) is 6.54 Å². The van der Waals surface area contributed by atoms with Crippen LogP contribution in [0.4, 0.5) is 0 Å². The third-order valence-electron chi connectivity index (χ3n) is 3.84. The van der Waals surface area contributed by atoms with E-state index in [0.29, 0.717) is 23.6 Å². The van der Waals surface area contributed by atoms with Crippen molar-refractivity contribution < 1.29 is 18.7 Å². The molecule has 0 spiro atoms. The van der Waals surface area contributed by atoms with Gasteiger partial charge in [0, 0.05) is 18.0 Å². The number of carbonyl (C=O) groups excluding carboxylic acids is 1. The molecule has 4 rings (SSSR count). The highest BCUT2D eigenvalue weighted by atomic mass is 16.7. The van der Waals surface area contributed by atoms with E-state index in [0.717, 1.165) is 16.7 Å². The minimum Gasteiger partial charge on any atom is -0.459 e. The Morgan fingerprint density at radius 3 is 2.78 bits per heavy atom. The standard InChI is InChI=1S/C18H15NO4/c1-19(10-14-8-12-4-2-3-5-15(12)23-14)18(20)13-6-7-16-17(9-13)22-11-21-16/h2-9H,10-11H2,1H3. The molecule has 116 valence electrons. The number of ether oxygens (including phenoxy) is 2. The van der Waals surface area contributed by atoms with Crippen molar-refractivity contribution in [3.63, 3.8) is 0 Å². The first-order valence-electron chi connectivity index (χ1n) is 7.33. The molecule has 2 aromatic carbocycles. The Bertz CT molecular complexity index is 851. The summed E-state index contributed by atoms with van der Waals surface area (Å²) in [4.78, 5) is 14.2. The Labute approximate surface area is 133 Å². The van der Waals surface area contributed by atoms with Crippen LogP contribution in [0.15, 0.2) is 52.9 Å². The van der Waals surface area contributed by atoms with Gasteiger partial charge in [-0.25, -0.2) is 0 Å². The molecule has 0 aliphatic carbocycles. The predicted molar refractivity (Wildman–Crippen MR) is 84.6 cm³/mol. The molecule has 1 amide bonds. The average Bonchev–Trinajstić information content (AvgIpc) is 3.18. The van der Waals surface area contributed by atoms with Crippen molar-refractivity contribution in [3.05, 3.63) is 59.9 Å². The number of para-hydroxylation sites is 1. The molecule has 2 heterocycles.